The highest BCUT2D eigenvalue weighted by molar-refractivity contribution is 9.10. The summed E-state index contributed by atoms with van der Waals surface area (Å²) >= 11 is 9.56. The Hall–Kier alpha value is -1.03. The topological polar surface area (TPSA) is 21.3 Å². The van der Waals surface area contributed by atoms with E-state index in [-0.39, 0.29) is 0 Å². The molecule has 0 unspecified atom stereocenters. The molecule has 0 aliphatic carbocycles. The van der Waals surface area contributed by atoms with Crippen LogP contribution in [-0.2, 0) is 6.54 Å². The Kier molecular flexibility index (Phi) is 6.09. The van der Waals surface area contributed by atoms with Gasteiger partial charge in [0.15, 0.2) is 0 Å². The van der Waals surface area contributed by atoms with Gasteiger partial charge in [0.2, 0.25) is 0 Å². The summed E-state index contributed by atoms with van der Waals surface area (Å²) < 4.78 is 7.06. The molecule has 1 N–H and O–H groups in total. The molecule has 0 aliphatic rings. The van der Waals surface area contributed by atoms with Crippen molar-refractivity contribution in [2.75, 3.05) is 6.54 Å². The molecule has 0 heterocycles. The number of hydrogen-bond acceptors (Lipinski definition) is 2. The molecule has 2 rings (SSSR count). The average molecular weight is 369 g/mol. The Morgan fingerprint density at radius 3 is 2.71 bits per heavy atom. The van der Waals surface area contributed by atoms with E-state index in [1.165, 1.54) is 0 Å². The van der Waals surface area contributed by atoms with E-state index in [9.17, 15) is 0 Å². The second kappa shape index (κ2) is 7.83. The van der Waals surface area contributed by atoms with Crippen molar-refractivity contribution in [1.29, 1.82) is 0 Å². The summed E-state index contributed by atoms with van der Waals surface area (Å²) in [6.45, 7) is 5.91. The van der Waals surface area contributed by atoms with Gasteiger partial charge in [-0.3, -0.25) is 0 Å². The first-order valence-corrected chi connectivity index (χ1v) is 8.20. The highest BCUT2D eigenvalue weighted by Gasteiger charge is 2.07. The van der Waals surface area contributed by atoms with Crippen molar-refractivity contribution in [3.8, 4) is 11.5 Å². The van der Waals surface area contributed by atoms with E-state index >= 15 is 0 Å². The Morgan fingerprint density at radius 1 is 1.19 bits per heavy atom. The van der Waals surface area contributed by atoms with Gasteiger partial charge in [-0.25, -0.2) is 0 Å². The zero-order chi connectivity index (χ0) is 15.2. The molecule has 0 fully saturated rings. The largest absolute Gasteiger partial charge is 0.457 e. The Balaban J connectivity index is 2.19. The molecule has 0 bridgehead atoms. The SMILES string of the molecule is CCCNCc1cc(Br)ccc1Oc1ccc(Cl)c(C)c1. The van der Waals surface area contributed by atoms with Crippen LogP contribution in [0, 0.1) is 6.92 Å². The highest BCUT2D eigenvalue weighted by atomic mass is 79.9. The van der Waals surface area contributed by atoms with E-state index in [2.05, 4.69) is 34.2 Å². The first-order chi connectivity index (χ1) is 10.1. The maximum absolute atomic E-state index is 6.05. The van der Waals surface area contributed by atoms with Gasteiger partial charge in [0.1, 0.15) is 11.5 Å². The molecule has 2 nitrogen and oxygen atoms in total. The molecule has 112 valence electrons. The smallest absolute Gasteiger partial charge is 0.131 e. The molecule has 0 amide bonds. The van der Waals surface area contributed by atoms with Crippen molar-refractivity contribution < 1.29 is 4.74 Å². The van der Waals surface area contributed by atoms with Crippen LogP contribution in [0.15, 0.2) is 40.9 Å². The Labute approximate surface area is 139 Å². The molecule has 2 aromatic rings. The van der Waals surface area contributed by atoms with Crippen LogP contribution in [-0.4, -0.2) is 6.54 Å². The molecule has 0 aliphatic heterocycles. The van der Waals surface area contributed by atoms with E-state index in [0.717, 1.165) is 51.6 Å². The number of rotatable bonds is 6. The number of aryl methyl sites for hydroxylation is 1. The van der Waals surface area contributed by atoms with Crippen molar-refractivity contribution in [3.63, 3.8) is 0 Å². The minimum absolute atomic E-state index is 0.753. The van der Waals surface area contributed by atoms with E-state index in [4.69, 9.17) is 16.3 Å². The Morgan fingerprint density at radius 2 is 2.00 bits per heavy atom. The monoisotopic (exact) mass is 367 g/mol. The average Bonchev–Trinajstić information content (AvgIpc) is 2.46. The van der Waals surface area contributed by atoms with Gasteiger partial charge in [0.25, 0.3) is 0 Å². The van der Waals surface area contributed by atoms with Crippen LogP contribution >= 0.6 is 27.5 Å². The van der Waals surface area contributed by atoms with Gasteiger partial charge in [-0.1, -0.05) is 34.5 Å². The lowest BCUT2D eigenvalue weighted by Crippen LogP contribution is -2.14. The molecule has 0 saturated carbocycles. The van der Waals surface area contributed by atoms with Gasteiger partial charge in [-0.15, -0.1) is 0 Å². The zero-order valence-corrected chi connectivity index (χ0v) is 14.6. The zero-order valence-electron chi connectivity index (χ0n) is 12.2. The molecule has 0 atom stereocenters. The number of hydrogen-bond donors (Lipinski definition) is 1. The highest BCUT2D eigenvalue weighted by Crippen LogP contribution is 2.30. The van der Waals surface area contributed by atoms with Gasteiger partial charge < -0.3 is 10.1 Å². The van der Waals surface area contributed by atoms with Gasteiger partial charge in [-0.2, -0.15) is 0 Å². The molecule has 21 heavy (non-hydrogen) atoms. The number of benzene rings is 2. The minimum atomic E-state index is 0.753. The normalized spacial score (nSPS) is 10.7. The fraction of sp³-hybridized carbons (Fsp3) is 0.294. The van der Waals surface area contributed by atoms with Gasteiger partial charge in [-0.05, 0) is 61.9 Å². The maximum atomic E-state index is 6.05. The number of ether oxygens (including phenoxy) is 1. The standard InChI is InChI=1S/C17H19BrClNO/c1-3-8-20-11-13-10-14(18)4-7-17(13)21-15-5-6-16(19)12(2)9-15/h4-7,9-10,20H,3,8,11H2,1-2H3. The van der Waals surface area contributed by atoms with E-state index in [1.54, 1.807) is 0 Å². The van der Waals surface area contributed by atoms with Gasteiger partial charge in [0.05, 0.1) is 0 Å². The summed E-state index contributed by atoms with van der Waals surface area (Å²) in [4.78, 5) is 0. The maximum Gasteiger partial charge on any atom is 0.131 e. The summed E-state index contributed by atoms with van der Waals surface area (Å²) in [6, 6.07) is 11.8. The van der Waals surface area contributed by atoms with Crippen molar-refractivity contribution in [3.05, 3.63) is 57.0 Å². The first-order valence-electron chi connectivity index (χ1n) is 7.03. The van der Waals surface area contributed by atoms with Crippen LogP contribution in [0.5, 0.6) is 11.5 Å². The lowest BCUT2D eigenvalue weighted by molar-refractivity contribution is 0.472. The fourth-order valence-corrected chi connectivity index (χ4v) is 2.52. The fourth-order valence-electron chi connectivity index (χ4n) is 1.99. The molecule has 0 radical (unpaired) electrons. The van der Waals surface area contributed by atoms with Crippen molar-refractivity contribution in [2.24, 2.45) is 0 Å². The summed E-state index contributed by atoms with van der Waals surface area (Å²) in [5, 5.41) is 4.16. The van der Waals surface area contributed by atoms with Crippen LogP contribution in [0.25, 0.3) is 0 Å². The summed E-state index contributed by atoms with van der Waals surface area (Å²) in [5.74, 6) is 1.67. The predicted octanol–water partition coefficient (Wildman–Crippen LogP) is 5.70. The lowest BCUT2D eigenvalue weighted by Gasteiger charge is -2.13. The summed E-state index contributed by atoms with van der Waals surface area (Å²) in [5.41, 5.74) is 2.14. The second-order valence-electron chi connectivity index (χ2n) is 4.94. The molecular weight excluding hydrogens is 350 g/mol. The molecule has 4 heteroatoms. The third-order valence-corrected chi connectivity index (χ3v) is 4.04. The second-order valence-corrected chi connectivity index (χ2v) is 6.26. The van der Waals surface area contributed by atoms with Crippen molar-refractivity contribution >= 4 is 27.5 Å². The van der Waals surface area contributed by atoms with Crippen LogP contribution in [0.1, 0.15) is 24.5 Å². The van der Waals surface area contributed by atoms with E-state index in [1.807, 2.05) is 37.3 Å². The lowest BCUT2D eigenvalue weighted by atomic mass is 10.2. The van der Waals surface area contributed by atoms with Crippen molar-refractivity contribution in [2.45, 2.75) is 26.8 Å². The molecule has 0 spiro atoms. The number of halogens is 2. The number of nitrogens with one attached hydrogen (secondary N) is 1. The van der Waals surface area contributed by atoms with Crippen LogP contribution in [0.2, 0.25) is 5.02 Å². The molecule has 2 aromatic carbocycles. The van der Waals surface area contributed by atoms with E-state index < -0.39 is 0 Å². The third-order valence-electron chi connectivity index (χ3n) is 3.12. The van der Waals surface area contributed by atoms with Crippen molar-refractivity contribution in [1.82, 2.24) is 5.32 Å². The van der Waals surface area contributed by atoms with Crippen LogP contribution in [0.3, 0.4) is 0 Å². The van der Waals surface area contributed by atoms with Gasteiger partial charge >= 0.3 is 0 Å². The van der Waals surface area contributed by atoms with Crippen LogP contribution < -0.4 is 10.1 Å². The summed E-state index contributed by atoms with van der Waals surface area (Å²) in [7, 11) is 0. The molecule has 0 saturated heterocycles. The predicted molar refractivity (Wildman–Crippen MR) is 92.4 cm³/mol. The van der Waals surface area contributed by atoms with Crippen LogP contribution in [0.4, 0.5) is 0 Å². The molecule has 0 aromatic heterocycles. The Bertz CT molecular complexity index is 616. The first kappa shape index (κ1) is 16.3. The summed E-state index contributed by atoms with van der Waals surface area (Å²) in [6.07, 6.45) is 1.11. The van der Waals surface area contributed by atoms with Gasteiger partial charge in [0, 0.05) is 21.6 Å². The molecular formula is C17H19BrClNO. The minimum Gasteiger partial charge on any atom is -0.457 e. The quantitative estimate of drug-likeness (QED) is 0.660. The third kappa shape index (κ3) is 4.73. The van der Waals surface area contributed by atoms with E-state index in [0.29, 0.717) is 0 Å².